The third kappa shape index (κ3) is 2.76. The molecule has 2 aromatic heterocycles. The van der Waals surface area contributed by atoms with E-state index in [9.17, 15) is 4.79 Å². The van der Waals surface area contributed by atoms with Gasteiger partial charge in [0.2, 0.25) is 0 Å². The lowest BCUT2D eigenvalue weighted by Crippen LogP contribution is -2.15. The van der Waals surface area contributed by atoms with Crippen LogP contribution in [-0.4, -0.2) is 34.3 Å². The van der Waals surface area contributed by atoms with Crippen LogP contribution in [0.3, 0.4) is 0 Å². The number of carbonyl (C=O) groups excluding carboxylic acids is 1. The molecule has 23 heavy (non-hydrogen) atoms. The molecule has 3 heterocycles. The third-order valence-electron chi connectivity index (χ3n) is 3.27. The van der Waals surface area contributed by atoms with E-state index in [1.807, 2.05) is 18.2 Å². The molecule has 0 fully saturated rings. The van der Waals surface area contributed by atoms with Gasteiger partial charge in [-0.05, 0) is 18.2 Å². The first-order valence-corrected chi connectivity index (χ1v) is 7.84. The Morgan fingerprint density at radius 1 is 1.22 bits per heavy atom. The number of benzene rings is 1. The molecule has 0 saturated carbocycles. The molecule has 0 unspecified atom stereocenters. The predicted molar refractivity (Wildman–Crippen MR) is 85.1 cm³/mol. The first kappa shape index (κ1) is 13.8. The molecule has 1 amide bonds. The standard InChI is InChI=1S/C15H12N4O3S/c20-14(18-13-3-4-16-19-13)10-8-23-15(17-10)9-1-2-11-12(7-9)22-6-5-21-11/h1-4,7-8H,5-6H2,(H2,16,18,19,20). The number of H-pyrrole nitrogens is 1. The summed E-state index contributed by atoms with van der Waals surface area (Å²) < 4.78 is 11.1. The van der Waals surface area contributed by atoms with Crippen molar-refractivity contribution in [3.8, 4) is 22.1 Å². The van der Waals surface area contributed by atoms with Crippen LogP contribution in [0.4, 0.5) is 5.82 Å². The maximum Gasteiger partial charge on any atom is 0.276 e. The summed E-state index contributed by atoms with van der Waals surface area (Å²) in [7, 11) is 0. The van der Waals surface area contributed by atoms with Crippen LogP contribution in [-0.2, 0) is 0 Å². The summed E-state index contributed by atoms with van der Waals surface area (Å²) in [6, 6.07) is 7.31. The fourth-order valence-corrected chi connectivity index (χ4v) is 3.00. The minimum atomic E-state index is -0.283. The van der Waals surface area contributed by atoms with E-state index in [0.29, 0.717) is 30.5 Å². The van der Waals surface area contributed by atoms with Crippen molar-refractivity contribution in [3.05, 3.63) is 41.5 Å². The summed E-state index contributed by atoms with van der Waals surface area (Å²) in [5.74, 6) is 1.68. The number of ether oxygens (including phenoxy) is 2. The molecule has 3 aromatic rings. The number of nitrogens with zero attached hydrogens (tertiary/aromatic N) is 2. The Morgan fingerprint density at radius 3 is 2.91 bits per heavy atom. The second kappa shape index (κ2) is 5.73. The second-order valence-electron chi connectivity index (χ2n) is 4.82. The number of rotatable bonds is 3. The number of fused-ring (bicyclic) bond motifs is 1. The van der Waals surface area contributed by atoms with E-state index in [2.05, 4.69) is 20.5 Å². The first-order chi connectivity index (χ1) is 11.3. The summed E-state index contributed by atoms with van der Waals surface area (Å²) in [4.78, 5) is 16.5. The van der Waals surface area contributed by atoms with Crippen molar-refractivity contribution >= 4 is 23.1 Å². The van der Waals surface area contributed by atoms with Crippen LogP contribution in [0.25, 0.3) is 10.6 Å². The number of carbonyl (C=O) groups is 1. The zero-order valence-electron chi connectivity index (χ0n) is 11.9. The van der Waals surface area contributed by atoms with Crippen LogP contribution in [0.15, 0.2) is 35.8 Å². The van der Waals surface area contributed by atoms with E-state index < -0.39 is 0 Å². The number of nitrogens with one attached hydrogen (secondary N) is 2. The molecule has 1 aliphatic rings. The molecule has 1 aromatic carbocycles. The molecule has 0 aliphatic carbocycles. The lowest BCUT2D eigenvalue weighted by atomic mass is 10.2. The quantitative estimate of drug-likeness (QED) is 0.771. The number of aromatic amines is 1. The Kier molecular flexibility index (Phi) is 3.43. The summed E-state index contributed by atoms with van der Waals surface area (Å²) in [6.07, 6.45) is 1.57. The highest BCUT2D eigenvalue weighted by Crippen LogP contribution is 2.35. The van der Waals surface area contributed by atoms with Gasteiger partial charge in [-0.3, -0.25) is 9.89 Å². The van der Waals surface area contributed by atoms with Crippen LogP contribution in [0, 0.1) is 0 Å². The van der Waals surface area contributed by atoms with Gasteiger partial charge in [0.15, 0.2) is 11.5 Å². The summed E-state index contributed by atoms with van der Waals surface area (Å²) in [6.45, 7) is 1.09. The van der Waals surface area contributed by atoms with Crippen molar-refractivity contribution in [1.29, 1.82) is 0 Å². The van der Waals surface area contributed by atoms with Gasteiger partial charge in [-0.25, -0.2) is 4.98 Å². The van der Waals surface area contributed by atoms with E-state index in [0.717, 1.165) is 16.3 Å². The lowest BCUT2D eigenvalue weighted by molar-refractivity contribution is 0.102. The summed E-state index contributed by atoms with van der Waals surface area (Å²) in [5.41, 5.74) is 1.24. The van der Waals surface area contributed by atoms with Gasteiger partial charge in [0, 0.05) is 17.0 Å². The average Bonchev–Trinajstić information content (AvgIpc) is 3.26. The van der Waals surface area contributed by atoms with Gasteiger partial charge in [-0.15, -0.1) is 11.3 Å². The minimum absolute atomic E-state index is 0.283. The Hall–Kier alpha value is -2.87. The van der Waals surface area contributed by atoms with Crippen molar-refractivity contribution < 1.29 is 14.3 Å². The van der Waals surface area contributed by atoms with Crippen molar-refractivity contribution in [2.24, 2.45) is 0 Å². The number of amides is 1. The number of aromatic nitrogens is 3. The van der Waals surface area contributed by atoms with Gasteiger partial charge in [-0.2, -0.15) is 5.10 Å². The molecular weight excluding hydrogens is 316 g/mol. The molecule has 7 nitrogen and oxygen atoms in total. The number of hydrogen-bond donors (Lipinski definition) is 2. The van der Waals surface area contributed by atoms with Crippen LogP contribution in [0.1, 0.15) is 10.5 Å². The average molecular weight is 328 g/mol. The van der Waals surface area contributed by atoms with E-state index in [4.69, 9.17) is 9.47 Å². The van der Waals surface area contributed by atoms with E-state index >= 15 is 0 Å². The second-order valence-corrected chi connectivity index (χ2v) is 5.68. The van der Waals surface area contributed by atoms with Crippen molar-refractivity contribution in [2.45, 2.75) is 0 Å². The minimum Gasteiger partial charge on any atom is -0.486 e. The fourth-order valence-electron chi connectivity index (χ4n) is 2.20. The zero-order chi connectivity index (χ0) is 15.6. The molecule has 0 spiro atoms. The molecule has 0 radical (unpaired) electrons. The maximum atomic E-state index is 12.1. The molecule has 0 bridgehead atoms. The predicted octanol–water partition coefficient (Wildman–Crippen LogP) is 2.56. The molecule has 0 atom stereocenters. The molecule has 1 aliphatic heterocycles. The number of thiazole rings is 1. The number of anilines is 1. The smallest absolute Gasteiger partial charge is 0.276 e. The fraction of sp³-hybridized carbons (Fsp3) is 0.133. The molecule has 2 N–H and O–H groups in total. The van der Waals surface area contributed by atoms with Gasteiger partial charge in [-0.1, -0.05) is 0 Å². The van der Waals surface area contributed by atoms with Crippen LogP contribution < -0.4 is 14.8 Å². The molecular formula is C15H12N4O3S. The SMILES string of the molecule is O=C(Nc1ccn[nH]1)c1csc(-c2ccc3c(c2)OCCO3)n1. The Bertz CT molecular complexity index is 844. The van der Waals surface area contributed by atoms with Crippen molar-refractivity contribution in [3.63, 3.8) is 0 Å². The van der Waals surface area contributed by atoms with Crippen LogP contribution in [0.2, 0.25) is 0 Å². The highest BCUT2D eigenvalue weighted by molar-refractivity contribution is 7.13. The molecule has 4 rings (SSSR count). The van der Waals surface area contributed by atoms with Gasteiger partial charge in [0.25, 0.3) is 5.91 Å². The number of hydrogen-bond acceptors (Lipinski definition) is 6. The highest BCUT2D eigenvalue weighted by Gasteiger charge is 2.16. The van der Waals surface area contributed by atoms with Crippen LogP contribution in [0.5, 0.6) is 11.5 Å². The lowest BCUT2D eigenvalue weighted by Gasteiger charge is -2.18. The van der Waals surface area contributed by atoms with Gasteiger partial charge >= 0.3 is 0 Å². The summed E-state index contributed by atoms with van der Waals surface area (Å²) in [5, 5.41) is 11.6. The molecule has 116 valence electrons. The van der Waals surface area contributed by atoms with E-state index in [1.165, 1.54) is 11.3 Å². The first-order valence-electron chi connectivity index (χ1n) is 6.96. The zero-order valence-corrected chi connectivity index (χ0v) is 12.7. The van der Waals surface area contributed by atoms with Gasteiger partial charge in [0.05, 0.1) is 6.20 Å². The monoisotopic (exact) mass is 328 g/mol. The van der Waals surface area contributed by atoms with Crippen LogP contribution >= 0.6 is 11.3 Å². The van der Waals surface area contributed by atoms with Crippen molar-refractivity contribution in [1.82, 2.24) is 15.2 Å². The molecule has 8 heteroatoms. The summed E-state index contributed by atoms with van der Waals surface area (Å²) >= 11 is 1.40. The topological polar surface area (TPSA) is 89.1 Å². The van der Waals surface area contributed by atoms with Crippen molar-refractivity contribution in [2.75, 3.05) is 18.5 Å². The largest absolute Gasteiger partial charge is 0.486 e. The van der Waals surface area contributed by atoms with Gasteiger partial charge < -0.3 is 14.8 Å². The van der Waals surface area contributed by atoms with E-state index in [1.54, 1.807) is 17.6 Å². The molecule has 0 saturated heterocycles. The van der Waals surface area contributed by atoms with E-state index in [-0.39, 0.29) is 5.91 Å². The Balaban J connectivity index is 1.56. The normalized spacial score (nSPS) is 12.9. The third-order valence-corrected chi connectivity index (χ3v) is 4.17. The maximum absolute atomic E-state index is 12.1. The Morgan fingerprint density at radius 2 is 2.09 bits per heavy atom. The highest BCUT2D eigenvalue weighted by atomic mass is 32.1. The van der Waals surface area contributed by atoms with Gasteiger partial charge in [0.1, 0.15) is 29.7 Å². The Labute approximate surface area is 135 Å².